The van der Waals surface area contributed by atoms with E-state index in [-0.39, 0.29) is 0 Å². The van der Waals surface area contributed by atoms with Gasteiger partial charge in [-0.1, -0.05) is 51.3 Å². The van der Waals surface area contributed by atoms with Gasteiger partial charge in [0.05, 0.1) is 0 Å². The Morgan fingerprint density at radius 2 is 1.94 bits per heavy atom. The average molecular weight is 231 g/mol. The van der Waals surface area contributed by atoms with E-state index >= 15 is 0 Å². The third-order valence-corrected chi connectivity index (χ3v) is 3.87. The lowest BCUT2D eigenvalue weighted by Crippen LogP contribution is -2.28. The first-order chi connectivity index (χ1) is 8.35. The van der Waals surface area contributed by atoms with Gasteiger partial charge in [-0.25, -0.2) is 0 Å². The van der Waals surface area contributed by atoms with E-state index in [1.807, 2.05) is 0 Å². The van der Waals surface area contributed by atoms with Crippen molar-refractivity contribution in [2.75, 3.05) is 5.32 Å². The maximum absolute atomic E-state index is 3.70. The molecule has 1 aliphatic heterocycles. The lowest BCUT2D eigenvalue weighted by molar-refractivity contribution is 0.468. The SMILES string of the molecule is CCCC[C@H]1C[C@@H](CCC)Nc2ccccc21. The normalized spacial score (nSPS) is 22.9. The predicted molar refractivity (Wildman–Crippen MR) is 75.6 cm³/mol. The van der Waals surface area contributed by atoms with E-state index in [9.17, 15) is 0 Å². The van der Waals surface area contributed by atoms with Gasteiger partial charge in [-0.05, 0) is 36.8 Å². The highest BCUT2D eigenvalue weighted by molar-refractivity contribution is 5.55. The number of anilines is 1. The summed E-state index contributed by atoms with van der Waals surface area (Å²) in [5.74, 6) is 0.781. The van der Waals surface area contributed by atoms with Crippen molar-refractivity contribution in [1.82, 2.24) is 0 Å². The molecule has 1 heterocycles. The van der Waals surface area contributed by atoms with E-state index in [4.69, 9.17) is 0 Å². The van der Waals surface area contributed by atoms with Crippen LogP contribution < -0.4 is 5.32 Å². The summed E-state index contributed by atoms with van der Waals surface area (Å²) in [4.78, 5) is 0. The van der Waals surface area contributed by atoms with Gasteiger partial charge in [-0.15, -0.1) is 0 Å². The Hall–Kier alpha value is -0.980. The molecular formula is C16H25N. The van der Waals surface area contributed by atoms with Crippen LogP contribution in [0.4, 0.5) is 5.69 Å². The summed E-state index contributed by atoms with van der Waals surface area (Å²) < 4.78 is 0. The highest BCUT2D eigenvalue weighted by Gasteiger charge is 2.24. The van der Waals surface area contributed by atoms with E-state index in [1.54, 1.807) is 5.56 Å². The van der Waals surface area contributed by atoms with Crippen molar-refractivity contribution in [2.45, 2.75) is 64.3 Å². The van der Waals surface area contributed by atoms with Crippen molar-refractivity contribution < 1.29 is 0 Å². The molecule has 1 aliphatic rings. The van der Waals surface area contributed by atoms with Crippen LogP contribution in [0.5, 0.6) is 0 Å². The number of para-hydroxylation sites is 1. The van der Waals surface area contributed by atoms with Crippen LogP contribution in [0.15, 0.2) is 24.3 Å². The van der Waals surface area contributed by atoms with E-state index in [0.717, 1.165) is 5.92 Å². The molecule has 0 unspecified atom stereocenters. The molecule has 1 aromatic carbocycles. The molecule has 0 amide bonds. The van der Waals surface area contributed by atoms with Gasteiger partial charge in [0.1, 0.15) is 0 Å². The van der Waals surface area contributed by atoms with Gasteiger partial charge in [0.15, 0.2) is 0 Å². The lowest BCUT2D eigenvalue weighted by atomic mass is 9.82. The molecule has 1 aromatic rings. The second kappa shape index (κ2) is 6.09. The molecule has 94 valence electrons. The first-order valence-electron chi connectivity index (χ1n) is 7.20. The van der Waals surface area contributed by atoms with Crippen molar-refractivity contribution in [3.8, 4) is 0 Å². The molecule has 2 rings (SSSR count). The molecule has 0 bridgehead atoms. The van der Waals surface area contributed by atoms with Crippen molar-refractivity contribution in [1.29, 1.82) is 0 Å². The summed E-state index contributed by atoms with van der Waals surface area (Å²) in [5, 5.41) is 3.70. The summed E-state index contributed by atoms with van der Waals surface area (Å²) in [5.41, 5.74) is 2.94. The lowest BCUT2D eigenvalue weighted by Gasteiger charge is -2.33. The minimum atomic E-state index is 0.691. The smallest absolute Gasteiger partial charge is 0.0377 e. The van der Waals surface area contributed by atoms with Gasteiger partial charge in [0.25, 0.3) is 0 Å². The van der Waals surface area contributed by atoms with Crippen LogP contribution in [0.3, 0.4) is 0 Å². The quantitative estimate of drug-likeness (QED) is 0.756. The highest BCUT2D eigenvalue weighted by Crippen LogP contribution is 2.38. The van der Waals surface area contributed by atoms with E-state index in [2.05, 4.69) is 43.4 Å². The molecule has 0 saturated heterocycles. The number of rotatable bonds is 5. The zero-order chi connectivity index (χ0) is 12.1. The Bertz CT molecular complexity index is 345. The monoisotopic (exact) mass is 231 g/mol. The number of nitrogens with one attached hydrogen (secondary N) is 1. The standard InChI is InChI=1S/C16H25N/c1-3-5-9-13-12-14(8-4-2)17-16-11-7-6-10-15(13)16/h6-7,10-11,13-14,17H,3-5,8-9,12H2,1-2H3/t13-,14+/m0/s1. The van der Waals surface area contributed by atoms with Crippen LogP contribution in [-0.4, -0.2) is 6.04 Å². The summed E-state index contributed by atoms with van der Waals surface area (Å²) in [7, 11) is 0. The third kappa shape index (κ3) is 3.02. The minimum absolute atomic E-state index is 0.691. The Morgan fingerprint density at radius 3 is 2.71 bits per heavy atom. The fraction of sp³-hybridized carbons (Fsp3) is 0.625. The molecule has 1 N–H and O–H groups in total. The van der Waals surface area contributed by atoms with E-state index < -0.39 is 0 Å². The Kier molecular flexibility index (Phi) is 4.47. The summed E-state index contributed by atoms with van der Waals surface area (Å²) >= 11 is 0. The molecule has 17 heavy (non-hydrogen) atoms. The average Bonchev–Trinajstić information content (AvgIpc) is 2.36. The molecule has 0 aromatic heterocycles. The van der Waals surface area contributed by atoms with Crippen LogP contribution in [-0.2, 0) is 0 Å². The molecule has 0 spiro atoms. The first kappa shape index (κ1) is 12.5. The molecule has 0 radical (unpaired) electrons. The zero-order valence-corrected chi connectivity index (χ0v) is 11.2. The highest BCUT2D eigenvalue weighted by atomic mass is 14.9. The zero-order valence-electron chi connectivity index (χ0n) is 11.2. The van der Waals surface area contributed by atoms with Crippen molar-refractivity contribution in [3.05, 3.63) is 29.8 Å². The molecule has 1 heteroatoms. The minimum Gasteiger partial charge on any atom is -0.382 e. The van der Waals surface area contributed by atoms with Gasteiger partial charge < -0.3 is 5.32 Å². The van der Waals surface area contributed by atoms with Crippen molar-refractivity contribution in [2.24, 2.45) is 0 Å². The van der Waals surface area contributed by atoms with Crippen LogP contribution in [0.25, 0.3) is 0 Å². The Morgan fingerprint density at radius 1 is 1.12 bits per heavy atom. The van der Waals surface area contributed by atoms with E-state index in [0.29, 0.717) is 6.04 Å². The summed E-state index contributed by atoms with van der Waals surface area (Å²) in [6.45, 7) is 4.57. The fourth-order valence-electron chi connectivity index (χ4n) is 3.00. The number of benzene rings is 1. The summed E-state index contributed by atoms with van der Waals surface area (Å²) in [6, 6.07) is 9.58. The number of unbranched alkanes of at least 4 members (excludes halogenated alkanes) is 1. The second-order valence-electron chi connectivity index (χ2n) is 5.29. The maximum Gasteiger partial charge on any atom is 0.0377 e. The topological polar surface area (TPSA) is 12.0 Å². The molecule has 0 aliphatic carbocycles. The number of hydrogen-bond donors (Lipinski definition) is 1. The molecular weight excluding hydrogens is 206 g/mol. The fourth-order valence-corrected chi connectivity index (χ4v) is 3.00. The van der Waals surface area contributed by atoms with E-state index in [1.165, 1.54) is 44.2 Å². The molecule has 1 nitrogen and oxygen atoms in total. The van der Waals surface area contributed by atoms with Crippen LogP contribution in [0.1, 0.15) is 63.9 Å². The van der Waals surface area contributed by atoms with Crippen molar-refractivity contribution in [3.63, 3.8) is 0 Å². The van der Waals surface area contributed by atoms with Crippen molar-refractivity contribution >= 4 is 5.69 Å². The Labute approximate surface area is 106 Å². The van der Waals surface area contributed by atoms with Crippen LogP contribution in [0.2, 0.25) is 0 Å². The largest absolute Gasteiger partial charge is 0.382 e. The Balaban J connectivity index is 2.13. The first-order valence-corrected chi connectivity index (χ1v) is 7.20. The van der Waals surface area contributed by atoms with Gasteiger partial charge >= 0.3 is 0 Å². The van der Waals surface area contributed by atoms with Crippen LogP contribution in [0, 0.1) is 0 Å². The van der Waals surface area contributed by atoms with Gasteiger partial charge in [-0.3, -0.25) is 0 Å². The molecule has 2 atom stereocenters. The van der Waals surface area contributed by atoms with Gasteiger partial charge in [0, 0.05) is 11.7 Å². The summed E-state index contributed by atoms with van der Waals surface area (Å²) in [6.07, 6.45) is 7.93. The molecule has 0 saturated carbocycles. The predicted octanol–water partition coefficient (Wildman–Crippen LogP) is 4.94. The van der Waals surface area contributed by atoms with Gasteiger partial charge in [-0.2, -0.15) is 0 Å². The third-order valence-electron chi connectivity index (χ3n) is 3.87. The van der Waals surface area contributed by atoms with Crippen LogP contribution >= 0.6 is 0 Å². The van der Waals surface area contributed by atoms with Gasteiger partial charge in [0.2, 0.25) is 0 Å². The maximum atomic E-state index is 3.70. The molecule has 0 fully saturated rings. The number of fused-ring (bicyclic) bond motifs is 1. The number of hydrogen-bond acceptors (Lipinski definition) is 1. The second-order valence-corrected chi connectivity index (χ2v) is 5.29.